The molecule has 0 bridgehead atoms. The van der Waals surface area contributed by atoms with Gasteiger partial charge < -0.3 is 21.1 Å². The summed E-state index contributed by atoms with van der Waals surface area (Å²) in [5.41, 5.74) is 10.9. The van der Waals surface area contributed by atoms with Gasteiger partial charge in [0, 0.05) is 41.9 Å². The van der Waals surface area contributed by atoms with E-state index in [1.165, 1.54) is 0 Å². The molecule has 1 fully saturated rings. The highest BCUT2D eigenvalue weighted by molar-refractivity contribution is 5.95. The first kappa shape index (κ1) is 24.4. The summed E-state index contributed by atoms with van der Waals surface area (Å²) >= 11 is 0. The first-order chi connectivity index (χ1) is 18.1. The smallest absolute Gasteiger partial charge is 0.242 e. The minimum absolute atomic E-state index is 0.0193. The van der Waals surface area contributed by atoms with Crippen LogP contribution in [-0.4, -0.2) is 53.1 Å². The van der Waals surface area contributed by atoms with E-state index in [0.717, 1.165) is 41.3 Å². The molecule has 1 saturated heterocycles. The Bertz CT molecular complexity index is 1320. The molecule has 1 aromatic heterocycles. The van der Waals surface area contributed by atoms with Gasteiger partial charge in [0.15, 0.2) is 0 Å². The van der Waals surface area contributed by atoms with Crippen molar-refractivity contribution in [2.45, 2.75) is 12.5 Å². The van der Waals surface area contributed by atoms with E-state index in [2.05, 4.69) is 37.6 Å². The maximum atomic E-state index is 13.4. The van der Waals surface area contributed by atoms with E-state index >= 15 is 0 Å². The number of amides is 1. The number of nitrogens with zero attached hydrogens (tertiary/aromatic N) is 3. The molecular weight excluding hydrogens is 464 g/mol. The van der Waals surface area contributed by atoms with E-state index in [9.17, 15) is 4.79 Å². The molecule has 2 heterocycles. The van der Waals surface area contributed by atoms with Crippen LogP contribution >= 0.6 is 0 Å². The zero-order valence-corrected chi connectivity index (χ0v) is 20.5. The highest BCUT2D eigenvalue weighted by Crippen LogP contribution is 2.23. The van der Waals surface area contributed by atoms with Crippen LogP contribution in [-0.2, 0) is 16.0 Å². The number of aromatic nitrogens is 2. The zero-order chi connectivity index (χ0) is 25.5. The fourth-order valence-electron chi connectivity index (χ4n) is 4.39. The van der Waals surface area contributed by atoms with Crippen molar-refractivity contribution in [3.8, 4) is 11.3 Å². The summed E-state index contributed by atoms with van der Waals surface area (Å²) in [6, 6.07) is 26.8. The monoisotopic (exact) mass is 494 g/mol. The number of carbonyl (C=O) groups excluding carboxylic acids is 1. The van der Waals surface area contributed by atoms with E-state index in [4.69, 9.17) is 10.5 Å². The molecule has 4 aromatic rings. The summed E-state index contributed by atoms with van der Waals surface area (Å²) in [5.74, 6) is 0.462. The third kappa shape index (κ3) is 6.49. The molecule has 1 aliphatic heterocycles. The molecule has 4 N–H and O–H groups in total. The van der Waals surface area contributed by atoms with Crippen LogP contribution in [0.2, 0.25) is 0 Å². The minimum atomic E-state index is -0.270. The molecule has 188 valence electrons. The summed E-state index contributed by atoms with van der Waals surface area (Å²) in [6.45, 7) is 2.76. The lowest BCUT2D eigenvalue weighted by molar-refractivity contribution is -0.123. The van der Waals surface area contributed by atoms with Crippen molar-refractivity contribution in [3.63, 3.8) is 0 Å². The third-order valence-corrected chi connectivity index (χ3v) is 6.31. The largest absolute Gasteiger partial charge is 0.399 e. The molecular formula is C29H30N6O2. The highest BCUT2D eigenvalue weighted by Gasteiger charge is 2.27. The predicted octanol–water partition coefficient (Wildman–Crippen LogP) is 4.35. The molecule has 1 unspecified atom stereocenters. The van der Waals surface area contributed by atoms with Crippen LogP contribution < -0.4 is 16.4 Å². The second-order valence-electron chi connectivity index (χ2n) is 8.94. The number of nitrogen functional groups attached to an aromatic ring is 1. The Morgan fingerprint density at radius 1 is 0.946 bits per heavy atom. The fourth-order valence-corrected chi connectivity index (χ4v) is 4.39. The number of ether oxygens (including phenoxy) is 1. The molecule has 1 amide bonds. The van der Waals surface area contributed by atoms with Gasteiger partial charge in [0.05, 0.1) is 24.9 Å². The van der Waals surface area contributed by atoms with Crippen molar-refractivity contribution in [1.29, 1.82) is 0 Å². The molecule has 37 heavy (non-hydrogen) atoms. The highest BCUT2D eigenvalue weighted by atomic mass is 16.5. The Labute approximate surface area is 216 Å². The number of hydrogen-bond donors (Lipinski definition) is 3. The van der Waals surface area contributed by atoms with E-state index in [-0.39, 0.29) is 11.9 Å². The number of anilines is 4. The molecule has 3 aromatic carbocycles. The van der Waals surface area contributed by atoms with E-state index in [1.807, 2.05) is 72.8 Å². The molecule has 0 saturated carbocycles. The molecule has 1 aliphatic rings. The van der Waals surface area contributed by atoms with Crippen molar-refractivity contribution in [1.82, 2.24) is 14.9 Å². The van der Waals surface area contributed by atoms with Crippen LogP contribution in [0.15, 0.2) is 91.1 Å². The minimum Gasteiger partial charge on any atom is -0.399 e. The zero-order valence-electron chi connectivity index (χ0n) is 20.5. The molecule has 0 spiro atoms. The average molecular weight is 495 g/mol. The normalized spacial score (nSPS) is 14.6. The van der Waals surface area contributed by atoms with Gasteiger partial charge in [-0.05, 0) is 48.4 Å². The number of carbonyl (C=O) groups is 1. The van der Waals surface area contributed by atoms with Crippen molar-refractivity contribution < 1.29 is 9.53 Å². The van der Waals surface area contributed by atoms with Gasteiger partial charge in [-0.25, -0.2) is 9.97 Å². The van der Waals surface area contributed by atoms with Crippen molar-refractivity contribution in [2.75, 3.05) is 42.7 Å². The Hall–Kier alpha value is -4.27. The molecule has 8 heteroatoms. The summed E-state index contributed by atoms with van der Waals surface area (Å²) in [4.78, 5) is 24.5. The van der Waals surface area contributed by atoms with Gasteiger partial charge in [0.25, 0.3) is 0 Å². The SMILES string of the molecule is Nc1cccc(Nc2nccc(-c3ccc(NC(=O)C(Cc4ccccc4)N4CCOCC4)cc3)n2)c1. The maximum Gasteiger partial charge on any atom is 0.242 e. The summed E-state index contributed by atoms with van der Waals surface area (Å²) in [5, 5.41) is 6.29. The third-order valence-electron chi connectivity index (χ3n) is 6.31. The number of hydrogen-bond acceptors (Lipinski definition) is 7. The van der Waals surface area contributed by atoms with Crippen LogP contribution in [0.1, 0.15) is 5.56 Å². The van der Waals surface area contributed by atoms with Crippen LogP contribution in [0.3, 0.4) is 0 Å². The summed E-state index contributed by atoms with van der Waals surface area (Å²) < 4.78 is 5.51. The Morgan fingerprint density at radius 3 is 2.49 bits per heavy atom. The van der Waals surface area contributed by atoms with Gasteiger partial charge >= 0.3 is 0 Å². The van der Waals surface area contributed by atoms with Gasteiger partial charge in [-0.3, -0.25) is 9.69 Å². The van der Waals surface area contributed by atoms with Crippen LogP contribution in [0.5, 0.6) is 0 Å². The number of nitrogens with one attached hydrogen (secondary N) is 2. The molecule has 8 nitrogen and oxygen atoms in total. The number of rotatable bonds is 8. The first-order valence-electron chi connectivity index (χ1n) is 12.4. The van der Waals surface area contributed by atoms with Gasteiger partial charge in [0.1, 0.15) is 0 Å². The van der Waals surface area contributed by atoms with Gasteiger partial charge in [-0.15, -0.1) is 0 Å². The van der Waals surface area contributed by atoms with Gasteiger partial charge in [-0.2, -0.15) is 0 Å². The molecule has 1 atom stereocenters. The van der Waals surface area contributed by atoms with E-state index in [0.29, 0.717) is 31.3 Å². The lowest BCUT2D eigenvalue weighted by Crippen LogP contribution is -2.50. The predicted molar refractivity (Wildman–Crippen MR) is 147 cm³/mol. The number of morpholine rings is 1. The first-order valence-corrected chi connectivity index (χ1v) is 12.4. The van der Waals surface area contributed by atoms with Crippen molar-refractivity contribution >= 4 is 28.9 Å². The van der Waals surface area contributed by atoms with Crippen molar-refractivity contribution in [3.05, 3.63) is 96.7 Å². The van der Waals surface area contributed by atoms with Crippen molar-refractivity contribution in [2.24, 2.45) is 0 Å². The fraction of sp³-hybridized carbons (Fsp3) is 0.207. The molecule has 0 radical (unpaired) electrons. The average Bonchev–Trinajstić information content (AvgIpc) is 2.93. The lowest BCUT2D eigenvalue weighted by atomic mass is 10.0. The number of nitrogens with two attached hydrogens (primary N) is 1. The standard InChI is InChI=1S/C29H30N6O2/c30-23-7-4-8-25(20-23)33-29-31-14-13-26(34-29)22-9-11-24(12-10-22)32-28(36)27(35-15-17-37-18-16-35)19-21-5-2-1-3-6-21/h1-14,20,27H,15-19,30H2,(H,32,36)(H,31,33,34). The second kappa shape index (κ2) is 11.6. The summed E-state index contributed by atoms with van der Waals surface area (Å²) in [6.07, 6.45) is 2.36. The summed E-state index contributed by atoms with van der Waals surface area (Å²) in [7, 11) is 0. The second-order valence-corrected chi connectivity index (χ2v) is 8.94. The number of benzene rings is 3. The Morgan fingerprint density at radius 2 is 1.73 bits per heavy atom. The Kier molecular flexibility index (Phi) is 7.69. The maximum absolute atomic E-state index is 13.4. The van der Waals surface area contributed by atoms with Crippen LogP contribution in [0.4, 0.5) is 23.0 Å². The van der Waals surface area contributed by atoms with Gasteiger partial charge in [0.2, 0.25) is 11.9 Å². The lowest BCUT2D eigenvalue weighted by Gasteiger charge is -2.33. The van der Waals surface area contributed by atoms with Crippen LogP contribution in [0, 0.1) is 0 Å². The topological polar surface area (TPSA) is 105 Å². The van der Waals surface area contributed by atoms with E-state index < -0.39 is 0 Å². The quantitative estimate of drug-likeness (QED) is 0.313. The van der Waals surface area contributed by atoms with Gasteiger partial charge in [-0.1, -0.05) is 48.5 Å². The Balaban J connectivity index is 1.28. The van der Waals surface area contributed by atoms with Crippen LogP contribution in [0.25, 0.3) is 11.3 Å². The molecule has 0 aliphatic carbocycles. The van der Waals surface area contributed by atoms with E-state index in [1.54, 1.807) is 6.20 Å². The molecule has 5 rings (SSSR count).